The molecule has 0 amide bonds. The highest BCUT2D eigenvalue weighted by Crippen LogP contribution is 2.31. The van der Waals surface area contributed by atoms with E-state index in [0.717, 1.165) is 90.1 Å². The van der Waals surface area contributed by atoms with Gasteiger partial charge in [-0.25, -0.2) is 0 Å². The molecule has 230 valence electrons. The Morgan fingerprint density at radius 3 is 0.978 bits per heavy atom. The van der Waals surface area contributed by atoms with Gasteiger partial charge in [0.25, 0.3) is 0 Å². The van der Waals surface area contributed by atoms with E-state index in [4.69, 9.17) is 20.0 Å². The molecule has 0 spiro atoms. The van der Waals surface area contributed by atoms with Crippen molar-refractivity contribution in [1.82, 2.24) is 0 Å². The zero-order chi connectivity index (χ0) is 32.8. The van der Waals surface area contributed by atoms with Crippen LogP contribution >= 0.6 is 0 Å². The predicted molar refractivity (Wildman–Crippen MR) is 199 cm³/mol. The molecule has 0 fully saturated rings. The molecule has 0 saturated heterocycles. The Kier molecular flexibility index (Phi) is 9.97. The Morgan fingerprint density at radius 2 is 0.652 bits per heavy atom. The second-order valence-electron chi connectivity index (χ2n) is 11.9. The summed E-state index contributed by atoms with van der Waals surface area (Å²) < 4.78 is 0. The zero-order valence-electron chi connectivity index (χ0n) is 28.2. The maximum absolute atomic E-state index is 5.05. The first-order valence-corrected chi connectivity index (χ1v) is 15.7. The molecule has 0 heterocycles. The molecule has 4 heteroatoms. The van der Waals surface area contributed by atoms with Crippen molar-refractivity contribution in [2.24, 2.45) is 20.0 Å². The lowest BCUT2D eigenvalue weighted by Crippen LogP contribution is -2.00. The van der Waals surface area contributed by atoms with Crippen molar-refractivity contribution in [2.45, 2.75) is 55.4 Å². The quantitative estimate of drug-likeness (QED) is 0.159. The van der Waals surface area contributed by atoms with Gasteiger partial charge in [0.2, 0.25) is 0 Å². The fraction of sp³-hybridized carbons (Fsp3) is 0.190. The molecule has 0 N–H and O–H groups in total. The molecule has 0 saturated carbocycles. The normalized spacial score (nSPS) is 12.9. The summed E-state index contributed by atoms with van der Waals surface area (Å²) in [6.07, 6.45) is 0. The Morgan fingerprint density at radius 1 is 0.348 bits per heavy atom. The molecule has 0 radical (unpaired) electrons. The Hall–Kier alpha value is -5.22. The van der Waals surface area contributed by atoms with Crippen LogP contribution in [0.25, 0.3) is 0 Å². The van der Waals surface area contributed by atoms with E-state index in [9.17, 15) is 0 Å². The first kappa shape index (κ1) is 32.2. The van der Waals surface area contributed by atoms with Gasteiger partial charge in [-0.1, -0.05) is 72.8 Å². The summed E-state index contributed by atoms with van der Waals surface area (Å²) >= 11 is 0. The van der Waals surface area contributed by atoms with Crippen molar-refractivity contribution in [1.29, 1.82) is 0 Å². The standard InChI is InChI=1S/C42H42N4/c1-27-15-9-11-21-39(27)43-31(5)35-17-13-19-37(25-35)33(7)45-41-23-24-42(30(4)29(41)3)46-34(8)38-20-14-18-36(26-38)32(6)44-40-22-12-10-16-28(40)2/h9-26H,1-8H3. The molecular formula is C42H42N4. The molecule has 5 aromatic carbocycles. The number of nitrogens with zero attached hydrogens (tertiary/aromatic N) is 4. The molecule has 0 aliphatic heterocycles. The molecule has 0 bridgehead atoms. The predicted octanol–water partition coefficient (Wildman–Crippen LogP) is 11.5. The van der Waals surface area contributed by atoms with Gasteiger partial charge in [-0.15, -0.1) is 0 Å². The third-order valence-corrected chi connectivity index (χ3v) is 8.51. The fourth-order valence-electron chi connectivity index (χ4n) is 5.33. The van der Waals surface area contributed by atoms with Crippen LogP contribution < -0.4 is 0 Å². The van der Waals surface area contributed by atoms with Crippen LogP contribution in [0.15, 0.2) is 129 Å². The first-order chi connectivity index (χ1) is 22.1. The average Bonchev–Trinajstić information content (AvgIpc) is 3.06. The average molecular weight is 603 g/mol. The van der Waals surface area contributed by atoms with Gasteiger partial charge in [0.1, 0.15) is 0 Å². The minimum Gasteiger partial charge on any atom is -0.253 e. The minimum absolute atomic E-state index is 0.951. The van der Waals surface area contributed by atoms with Gasteiger partial charge in [-0.05, 0) is 136 Å². The maximum Gasteiger partial charge on any atom is 0.0666 e. The SMILES string of the molecule is CC(=Nc1ccccc1C)c1cccc(C(C)=Nc2ccc(N=C(C)c3cccc(C(C)=Nc4ccccc4C)c3)c(C)c2C)c1. The largest absolute Gasteiger partial charge is 0.253 e. The molecule has 0 unspecified atom stereocenters. The number of benzene rings is 5. The van der Waals surface area contributed by atoms with Gasteiger partial charge in [0.05, 0.1) is 22.7 Å². The summed E-state index contributed by atoms with van der Waals surface area (Å²) in [5, 5.41) is 0. The van der Waals surface area contributed by atoms with Crippen LogP contribution in [0.2, 0.25) is 0 Å². The molecule has 0 aliphatic carbocycles. The van der Waals surface area contributed by atoms with Gasteiger partial charge < -0.3 is 0 Å². The van der Waals surface area contributed by atoms with Crippen molar-refractivity contribution in [2.75, 3.05) is 0 Å². The lowest BCUT2D eigenvalue weighted by Gasteiger charge is -2.11. The van der Waals surface area contributed by atoms with E-state index in [1.165, 1.54) is 0 Å². The number of hydrogen-bond donors (Lipinski definition) is 0. The fourth-order valence-corrected chi connectivity index (χ4v) is 5.33. The number of aliphatic imine (C=N–C) groups is 4. The van der Waals surface area contributed by atoms with Crippen LogP contribution in [0.3, 0.4) is 0 Å². The number of para-hydroxylation sites is 2. The van der Waals surface area contributed by atoms with E-state index >= 15 is 0 Å². The van der Waals surface area contributed by atoms with Crippen molar-refractivity contribution in [3.63, 3.8) is 0 Å². The molecular weight excluding hydrogens is 560 g/mol. The Bertz CT molecular complexity index is 1880. The van der Waals surface area contributed by atoms with Gasteiger partial charge in [0.15, 0.2) is 0 Å². The van der Waals surface area contributed by atoms with Gasteiger partial charge in [-0.3, -0.25) is 20.0 Å². The van der Waals surface area contributed by atoms with Crippen LogP contribution in [-0.2, 0) is 0 Å². The molecule has 0 aromatic heterocycles. The van der Waals surface area contributed by atoms with Crippen LogP contribution in [0.1, 0.15) is 72.2 Å². The topological polar surface area (TPSA) is 49.4 Å². The highest BCUT2D eigenvalue weighted by atomic mass is 14.8. The van der Waals surface area contributed by atoms with E-state index in [-0.39, 0.29) is 0 Å². The lowest BCUT2D eigenvalue weighted by atomic mass is 10.0. The van der Waals surface area contributed by atoms with Crippen LogP contribution in [0.5, 0.6) is 0 Å². The summed E-state index contributed by atoms with van der Waals surface area (Å²) in [6, 6.07) is 37.5. The monoisotopic (exact) mass is 602 g/mol. The summed E-state index contributed by atoms with van der Waals surface area (Å²) in [4.78, 5) is 19.9. The van der Waals surface area contributed by atoms with Crippen molar-refractivity contribution in [3.05, 3.63) is 154 Å². The van der Waals surface area contributed by atoms with Crippen LogP contribution in [-0.4, -0.2) is 22.8 Å². The van der Waals surface area contributed by atoms with E-state index < -0.39 is 0 Å². The number of aryl methyl sites for hydroxylation is 2. The van der Waals surface area contributed by atoms with Crippen molar-refractivity contribution in [3.8, 4) is 0 Å². The van der Waals surface area contributed by atoms with Crippen LogP contribution in [0, 0.1) is 27.7 Å². The Labute approximate surface area is 274 Å². The van der Waals surface area contributed by atoms with E-state index in [2.05, 4.69) is 140 Å². The minimum atomic E-state index is 0.951. The van der Waals surface area contributed by atoms with Gasteiger partial charge in [0, 0.05) is 22.8 Å². The van der Waals surface area contributed by atoms with Gasteiger partial charge in [-0.2, -0.15) is 0 Å². The van der Waals surface area contributed by atoms with E-state index in [0.29, 0.717) is 0 Å². The summed E-state index contributed by atoms with van der Waals surface area (Å²) in [5.74, 6) is 0. The van der Waals surface area contributed by atoms with E-state index in [1.54, 1.807) is 0 Å². The molecule has 46 heavy (non-hydrogen) atoms. The second-order valence-corrected chi connectivity index (χ2v) is 11.9. The lowest BCUT2D eigenvalue weighted by molar-refractivity contribution is 1.28. The summed E-state index contributed by atoms with van der Waals surface area (Å²) in [7, 11) is 0. The molecule has 0 aliphatic rings. The molecule has 5 rings (SSSR count). The van der Waals surface area contributed by atoms with E-state index in [1.807, 2.05) is 24.3 Å². The van der Waals surface area contributed by atoms with Crippen LogP contribution in [0.4, 0.5) is 22.7 Å². The van der Waals surface area contributed by atoms with Gasteiger partial charge >= 0.3 is 0 Å². The highest BCUT2D eigenvalue weighted by molar-refractivity contribution is 6.06. The number of hydrogen-bond acceptors (Lipinski definition) is 4. The summed E-state index contributed by atoms with van der Waals surface area (Å²) in [6.45, 7) is 16.7. The third kappa shape index (κ3) is 7.52. The van der Waals surface area contributed by atoms with Crippen molar-refractivity contribution >= 4 is 45.6 Å². The Balaban J connectivity index is 1.38. The maximum atomic E-state index is 5.05. The molecule has 4 nitrogen and oxygen atoms in total. The molecule has 5 aromatic rings. The zero-order valence-corrected chi connectivity index (χ0v) is 28.2. The smallest absolute Gasteiger partial charge is 0.0666 e. The highest BCUT2D eigenvalue weighted by Gasteiger charge is 2.10. The summed E-state index contributed by atoms with van der Waals surface area (Å²) in [5.41, 5.74) is 16.7. The van der Waals surface area contributed by atoms with Crippen molar-refractivity contribution < 1.29 is 0 Å². The number of rotatable bonds is 8. The third-order valence-electron chi connectivity index (χ3n) is 8.51. The molecule has 0 atom stereocenters. The second kappa shape index (κ2) is 14.3. The first-order valence-electron chi connectivity index (χ1n) is 15.7.